The second-order valence-corrected chi connectivity index (χ2v) is 10.6. The van der Waals surface area contributed by atoms with Gasteiger partial charge < -0.3 is 5.32 Å². The van der Waals surface area contributed by atoms with Gasteiger partial charge in [0.2, 0.25) is 5.91 Å². The molecular weight excluding hydrogens is 432 g/mol. The van der Waals surface area contributed by atoms with E-state index in [1.54, 1.807) is 20.9 Å². The second-order valence-electron chi connectivity index (χ2n) is 9.67. The minimum atomic E-state index is -1.08. The van der Waals surface area contributed by atoms with Crippen LogP contribution in [0, 0.1) is 0 Å². The average Bonchev–Trinajstić information content (AvgIpc) is 3.55. The Bertz CT molecular complexity index is 1160. The molecule has 3 aromatic rings. The summed E-state index contributed by atoms with van der Waals surface area (Å²) in [5, 5.41) is 9.95. The topological polar surface area (TPSA) is 67.2 Å². The Morgan fingerprint density at radius 3 is 2.55 bits per heavy atom. The molecule has 1 saturated carbocycles. The molecular formula is C26H30N4O2S. The lowest BCUT2D eigenvalue weighted by Gasteiger charge is -2.43. The zero-order chi connectivity index (χ0) is 23.2. The summed E-state index contributed by atoms with van der Waals surface area (Å²) in [6, 6.07) is 14.0. The van der Waals surface area contributed by atoms with Crippen LogP contribution in [0.25, 0.3) is 10.6 Å². The molecule has 1 fully saturated rings. The monoisotopic (exact) mass is 462 g/mol. The number of hydrogen-bond donors (Lipinski definition) is 1. The first-order valence-electron chi connectivity index (χ1n) is 11.7. The fourth-order valence-electron chi connectivity index (χ4n) is 4.95. The molecule has 1 atom stereocenters. The molecule has 6 nitrogen and oxygen atoms in total. The van der Waals surface area contributed by atoms with Crippen molar-refractivity contribution in [3.8, 4) is 10.6 Å². The number of fused-ring (bicyclic) bond motifs is 1. The van der Waals surface area contributed by atoms with Crippen molar-refractivity contribution < 1.29 is 9.59 Å². The highest BCUT2D eigenvalue weighted by Crippen LogP contribution is 2.36. The van der Waals surface area contributed by atoms with Gasteiger partial charge in [-0.2, -0.15) is 5.10 Å². The summed E-state index contributed by atoms with van der Waals surface area (Å²) in [5.41, 5.74) is 2.13. The van der Waals surface area contributed by atoms with Crippen LogP contribution in [0.2, 0.25) is 0 Å². The molecule has 7 heteroatoms. The van der Waals surface area contributed by atoms with E-state index < -0.39 is 5.54 Å². The largest absolute Gasteiger partial charge is 0.351 e. The van der Waals surface area contributed by atoms with Crippen LogP contribution in [0.1, 0.15) is 68.4 Å². The van der Waals surface area contributed by atoms with Crippen LogP contribution >= 0.6 is 11.3 Å². The lowest BCUT2D eigenvalue weighted by molar-refractivity contribution is -0.127. The standard InChI is InChI=1S/C26H30N4O2S/c1-17(2)18-10-12-20(13-11-18)30-24(31)22-15-21(23-9-6-14-33-23)28-29(22)16-26(30,3)25(32)27-19-7-4-5-8-19/h6,9-15,17,19H,4-5,7-8,16H2,1-3H3,(H,27,32)/t26-/m0/s1. The van der Waals surface area contributed by atoms with Crippen molar-refractivity contribution >= 4 is 28.8 Å². The lowest BCUT2D eigenvalue weighted by atomic mass is 9.93. The fourth-order valence-corrected chi connectivity index (χ4v) is 5.63. The lowest BCUT2D eigenvalue weighted by Crippen LogP contribution is -2.65. The van der Waals surface area contributed by atoms with Crippen LogP contribution in [-0.4, -0.2) is 33.2 Å². The smallest absolute Gasteiger partial charge is 0.277 e. The van der Waals surface area contributed by atoms with Gasteiger partial charge in [0.15, 0.2) is 0 Å². The third-order valence-electron chi connectivity index (χ3n) is 6.92. The molecule has 0 unspecified atom stereocenters. The molecule has 1 aliphatic carbocycles. The SMILES string of the molecule is CC(C)c1ccc(N2C(=O)c3cc(-c4cccs4)nn3C[C@@]2(C)C(=O)NC2CCCC2)cc1. The first-order valence-corrected chi connectivity index (χ1v) is 12.6. The Kier molecular flexibility index (Phi) is 5.60. The van der Waals surface area contributed by atoms with E-state index >= 15 is 0 Å². The van der Waals surface area contributed by atoms with Gasteiger partial charge in [0.1, 0.15) is 16.9 Å². The summed E-state index contributed by atoms with van der Waals surface area (Å²) >= 11 is 1.59. The van der Waals surface area contributed by atoms with Gasteiger partial charge in [0, 0.05) is 11.7 Å². The quantitative estimate of drug-likeness (QED) is 0.566. The van der Waals surface area contributed by atoms with Gasteiger partial charge in [-0.05, 0) is 60.9 Å². The van der Waals surface area contributed by atoms with Crippen molar-refractivity contribution in [3.63, 3.8) is 0 Å². The normalized spacial score (nSPS) is 21.0. The summed E-state index contributed by atoms with van der Waals surface area (Å²) in [4.78, 5) is 30.2. The molecule has 3 heterocycles. The van der Waals surface area contributed by atoms with Crippen molar-refractivity contribution in [3.05, 3.63) is 59.1 Å². The van der Waals surface area contributed by atoms with Gasteiger partial charge in [-0.1, -0.05) is 44.9 Å². The molecule has 2 aromatic heterocycles. The first-order chi connectivity index (χ1) is 15.9. The molecule has 0 bridgehead atoms. The molecule has 5 rings (SSSR count). The number of anilines is 1. The summed E-state index contributed by atoms with van der Waals surface area (Å²) in [7, 11) is 0. The zero-order valence-electron chi connectivity index (χ0n) is 19.4. The fraction of sp³-hybridized carbons (Fsp3) is 0.423. The van der Waals surface area contributed by atoms with E-state index in [0.29, 0.717) is 18.2 Å². The van der Waals surface area contributed by atoms with E-state index in [4.69, 9.17) is 5.10 Å². The van der Waals surface area contributed by atoms with E-state index in [2.05, 4.69) is 19.2 Å². The number of amides is 2. The van der Waals surface area contributed by atoms with E-state index in [-0.39, 0.29) is 17.9 Å². The molecule has 1 aromatic carbocycles. The summed E-state index contributed by atoms with van der Waals surface area (Å²) in [5.74, 6) is 0.0791. The maximum Gasteiger partial charge on any atom is 0.277 e. The van der Waals surface area contributed by atoms with Gasteiger partial charge in [-0.25, -0.2) is 0 Å². The van der Waals surface area contributed by atoms with Gasteiger partial charge >= 0.3 is 0 Å². The molecule has 2 amide bonds. The molecule has 2 aliphatic rings. The van der Waals surface area contributed by atoms with Crippen molar-refractivity contribution in [1.29, 1.82) is 0 Å². The predicted molar refractivity (Wildman–Crippen MR) is 132 cm³/mol. The highest BCUT2D eigenvalue weighted by Gasteiger charge is 2.49. The first kappa shape index (κ1) is 21.9. The molecule has 33 heavy (non-hydrogen) atoms. The number of rotatable bonds is 5. The predicted octanol–water partition coefficient (Wildman–Crippen LogP) is 5.21. The Morgan fingerprint density at radius 2 is 1.91 bits per heavy atom. The van der Waals surface area contributed by atoms with Crippen LogP contribution < -0.4 is 10.2 Å². The minimum absolute atomic E-state index is 0.116. The summed E-state index contributed by atoms with van der Waals surface area (Å²) in [6.45, 7) is 6.46. The van der Waals surface area contributed by atoms with E-state index in [9.17, 15) is 9.59 Å². The number of hydrogen-bond acceptors (Lipinski definition) is 4. The molecule has 0 spiro atoms. The molecule has 0 radical (unpaired) electrons. The summed E-state index contributed by atoms with van der Waals surface area (Å²) < 4.78 is 1.71. The van der Waals surface area contributed by atoms with Gasteiger partial charge in [0.05, 0.1) is 11.4 Å². The van der Waals surface area contributed by atoms with Crippen LogP contribution in [0.4, 0.5) is 5.69 Å². The minimum Gasteiger partial charge on any atom is -0.351 e. The van der Waals surface area contributed by atoms with Crippen molar-refractivity contribution in [1.82, 2.24) is 15.1 Å². The number of carbonyl (C=O) groups is 2. The average molecular weight is 463 g/mol. The maximum absolute atomic E-state index is 13.9. The summed E-state index contributed by atoms with van der Waals surface area (Å²) in [6.07, 6.45) is 4.26. The van der Waals surface area contributed by atoms with E-state index in [1.807, 2.05) is 54.8 Å². The van der Waals surface area contributed by atoms with E-state index in [0.717, 1.165) is 41.9 Å². The Hall–Kier alpha value is -2.93. The van der Waals surface area contributed by atoms with Crippen molar-refractivity contribution in [2.24, 2.45) is 0 Å². The third kappa shape index (κ3) is 3.88. The van der Waals surface area contributed by atoms with Crippen molar-refractivity contribution in [2.75, 3.05) is 4.90 Å². The van der Waals surface area contributed by atoms with Gasteiger partial charge in [-0.3, -0.25) is 19.2 Å². The maximum atomic E-state index is 13.9. The number of aromatic nitrogens is 2. The van der Waals surface area contributed by atoms with Gasteiger partial charge in [0.25, 0.3) is 5.91 Å². The van der Waals surface area contributed by atoms with Crippen LogP contribution in [-0.2, 0) is 11.3 Å². The van der Waals surface area contributed by atoms with Crippen molar-refractivity contribution in [2.45, 2.75) is 70.5 Å². The van der Waals surface area contributed by atoms with E-state index in [1.165, 1.54) is 5.56 Å². The van der Waals surface area contributed by atoms with Gasteiger partial charge in [-0.15, -0.1) is 11.3 Å². The molecule has 1 N–H and O–H groups in total. The Labute approximate surface area is 198 Å². The number of carbonyl (C=O) groups excluding carboxylic acids is 2. The Morgan fingerprint density at radius 1 is 1.18 bits per heavy atom. The van der Waals surface area contributed by atoms with Crippen LogP contribution in [0.5, 0.6) is 0 Å². The van der Waals surface area contributed by atoms with Crippen LogP contribution in [0.15, 0.2) is 47.8 Å². The zero-order valence-corrected chi connectivity index (χ0v) is 20.2. The number of nitrogens with one attached hydrogen (secondary N) is 1. The number of thiophene rings is 1. The Balaban J connectivity index is 1.56. The highest BCUT2D eigenvalue weighted by molar-refractivity contribution is 7.13. The second kappa shape index (κ2) is 8.45. The van der Waals surface area contributed by atoms with Crippen LogP contribution in [0.3, 0.4) is 0 Å². The number of benzene rings is 1. The number of nitrogens with zero attached hydrogens (tertiary/aromatic N) is 3. The highest BCUT2D eigenvalue weighted by atomic mass is 32.1. The molecule has 0 saturated heterocycles. The molecule has 172 valence electrons. The third-order valence-corrected chi connectivity index (χ3v) is 7.82. The molecule has 1 aliphatic heterocycles.